The molecule has 0 aromatic heterocycles. The Balaban J connectivity index is 1.75. The SMILES string of the molecule is CCCCC/C=C/C/C=C/C/C=C/C/C=C/CCCCCC(=O)O[C@@H](COC(=O)CCC/C=C/CCCCCCCCCCCCCCCCCCCC)CO[C@@H]1O[C@H](CO[C@@H]2O[C@H](CO)[C@H](O)C(O)C2O)[C@H](O)C(O)C1O. The summed E-state index contributed by atoms with van der Waals surface area (Å²) < 4.78 is 33.7. The van der Waals surface area contributed by atoms with Gasteiger partial charge in [0.1, 0.15) is 55.4 Å². The number of ether oxygens (including phenoxy) is 6. The Bertz CT molecular complexity index is 1580. The van der Waals surface area contributed by atoms with Gasteiger partial charge in [0, 0.05) is 12.8 Å². The maximum Gasteiger partial charge on any atom is 0.306 e. The van der Waals surface area contributed by atoms with E-state index in [4.69, 9.17) is 28.4 Å². The van der Waals surface area contributed by atoms with Crippen LogP contribution in [0.1, 0.15) is 232 Å². The molecule has 7 N–H and O–H groups in total. The summed E-state index contributed by atoms with van der Waals surface area (Å²) in [7, 11) is 0. The van der Waals surface area contributed by atoms with Crippen LogP contribution in [-0.4, -0.2) is 142 Å². The molecule has 0 saturated carbocycles. The Morgan fingerprint density at radius 1 is 0.410 bits per heavy atom. The zero-order valence-electron chi connectivity index (χ0n) is 48.4. The standard InChI is InChI=1S/C63H110O15/c1-3-5-7-9-11-13-15-17-19-21-23-24-25-26-28-29-31-33-35-37-39-41-43-45-54(65)73-48-51(76-55(66)46-44-42-40-38-36-34-32-30-27-22-20-18-16-14-12-10-8-6-4-2)49-74-62-61(72)59(70)57(68)53(78-62)50-75-63-60(71)58(69)56(67)52(47-64)77-63/h12,14,18,20,27,30,34,36-37,39,51-53,56-64,67-72H,3-11,13,15-17,19,21-26,28-29,31-33,35,38,40-50H2,1-2H3/b14-12+,20-18+,30-27+,36-34+,39-37+/t51-,52+,53+,56-,57-,58?,59?,60?,61?,62+,63+/m0/s1. The molecule has 11 atom stereocenters. The van der Waals surface area contributed by atoms with E-state index in [0.29, 0.717) is 12.8 Å². The molecular formula is C63H110O15. The molecule has 0 aromatic rings. The normalized spacial score (nSPS) is 24.4. The number of aliphatic hydroxyl groups is 7. The van der Waals surface area contributed by atoms with Crippen LogP contribution in [0.4, 0.5) is 0 Å². The maximum absolute atomic E-state index is 13.1. The lowest BCUT2D eigenvalue weighted by Crippen LogP contribution is -2.61. The molecule has 2 saturated heterocycles. The van der Waals surface area contributed by atoms with Crippen LogP contribution in [0, 0.1) is 0 Å². The second-order valence-corrected chi connectivity index (χ2v) is 21.5. The Morgan fingerprint density at radius 3 is 1.28 bits per heavy atom. The number of unbranched alkanes of at least 4 members (excludes halogenated alkanes) is 25. The highest BCUT2D eigenvalue weighted by Gasteiger charge is 2.47. The van der Waals surface area contributed by atoms with Crippen LogP contribution in [0.25, 0.3) is 0 Å². The highest BCUT2D eigenvalue weighted by atomic mass is 16.7. The molecule has 15 heteroatoms. The van der Waals surface area contributed by atoms with E-state index in [9.17, 15) is 45.3 Å². The largest absolute Gasteiger partial charge is 0.462 e. The van der Waals surface area contributed by atoms with Crippen LogP contribution in [0.15, 0.2) is 60.8 Å². The Kier molecular flexibility index (Phi) is 44.7. The van der Waals surface area contributed by atoms with Crippen molar-refractivity contribution in [2.24, 2.45) is 0 Å². The molecule has 0 aromatic carbocycles. The van der Waals surface area contributed by atoms with Crippen molar-refractivity contribution in [1.82, 2.24) is 0 Å². The van der Waals surface area contributed by atoms with E-state index in [-0.39, 0.29) is 19.4 Å². The smallest absolute Gasteiger partial charge is 0.306 e. The first kappa shape index (κ1) is 71.3. The molecule has 0 amide bonds. The Labute approximate surface area is 470 Å². The van der Waals surface area contributed by atoms with Gasteiger partial charge in [0.2, 0.25) is 0 Å². The molecule has 2 fully saturated rings. The van der Waals surface area contributed by atoms with Gasteiger partial charge < -0.3 is 64.2 Å². The first-order valence-electron chi connectivity index (χ1n) is 30.9. The second kappa shape index (κ2) is 48.9. The van der Waals surface area contributed by atoms with Crippen LogP contribution >= 0.6 is 0 Å². The third-order valence-electron chi connectivity index (χ3n) is 14.5. The van der Waals surface area contributed by atoms with E-state index >= 15 is 0 Å². The Morgan fingerprint density at radius 2 is 0.782 bits per heavy atom. The number of rotatable bonds is 49. The number of aliphatic hydroxyl groups excluding tert-OH is 7. The number of carbonyl (C=O) groups is 2. The fourth-order valence-electron chi connectivity index (χ4n) is 9.44. The molecule has 452 valence electrons. The first-order chi connectivity index (χ1) is 38.0. The highest BCUT2D eigenvalue weighted by Crippen LogP contribution is 2.27. The summed E-state index contributed by atoms with van der Waals surface area (Å²) in [6, 6.07) is 0. The summed E-state index contributed by atoms with van der Waals surface area (Å²) in [4.78, 5) is 25.9. The van der Waals surface area contributed by atoms with Crippen molar-refractivity contribution in [3.63, 3.8) is 0 Å². The molecule has 15 nitrogen and oxygen atoms in total. The summed E-state index contributed by atoms with van der Waals surface area (Å²) in [5, 5.41) is 72.3. The van der Waals surface area contributed by atoms with Gasteiger partial charge in [0.25, 0.3) is 0 Å². The fraction of sp³-hybridized carbons (Fsp3) is 0.810. The molecule has 2 aliphatic heterocycles. The van der Waals surface area contributed by atoms with Gasteiger partial charge in [-0.1, -0.05) is 203 Å². The predicted molar refractivity (Wildman–Crippen MR) is 307 cm³/mol. The van der Waals surface area contributed by atoms with Crippen molar-refractivity contribution in [3.8, 4) is 0 Å². The van der Waals surface area contributed by atoms with Gasteiger partial charge in [0.15, 0.2) is 18.7 Å². The molecule has 0 radical (unpaired) electrons. The monoisotopic (exact) mass is 1110 g/mol. The van der Waals surface area contributed by atoms with Crippen LogP contribution in [0.3, 0.4) is 0 Å². The summed E-state index contributed by atoms with van der Waals surface area (Å²) in [6.45, 7) is 2.53. The fourth-order valence-corrected chi connectivity index (χ4v) is 9.44. The lowest BCUT2D eigenvalue weighted by Gasteiger charge is -2.42. The van der Waals surface area contributed by atoms with E-state index in [2.05, 4.69) is 74.6 Å². The first-order valence-corrected chi connectivity index (χ1v) is 30.9. The van der Waals surface area contributed by atoms with E-state index in [0.717, 1.165) is 64.2 Å². The summed E-state index contributed by atoms with van der Waals surface area (Å²) in [5.41, 5.74) is 0. The van der Waals surface area contributed by atoms with Crippen molar-refractivity contribution < 1.29 is 73.8 Å². The number of hydrogen-bond acceptors (Lipinski definition) is 15. The molecule has 0 spiro atoms. The van der Waals surface area contributed by atoms with Crippen molar-refractivity contribution in [3.05, 3.63) is 60.8 Å². The zero-order valence-corrected chi connectivity index (χ0v) is 48.4. The van der Waals surface area contributed by atoms with Gasteiger partial charge >= 0.3 is 11.9 Å². The zero-order chi connectivity index (χ0) is 56.7. The van der Waals surface area contributed by atoms with E-state index < -0.39 is 99.3 Å². The molecule has 2 rings (SSSR count). The number of hydrogen-bond donors (Lipinski definition) is 7. The topological polar surface area (TPSA) is 231 Å². The van der Waals surface area contributed by atoms with Gasteiger partial charge in [0.05, 0.1) is 19.8 Å². The molecule has 2 aliphatic rings. The Hall–Kier alpha value is -2.80. The average molecular weight is 1110 g/mol. The molecular weight excluding hydrogens is 997 g/mol. The third kappa shape index (κ3) is 35.1. The lowest BCUT2D eigenvalue weighted by molar-refractivity contribution is -0.332. The summed E-state index contributed by atoms with van der Waals surface area (Å²) in [5.74, 6) is -0.994. The number of allylic oxidation sites excluding steroid dienone is 10. The van der Waals surface area contributed by atoms with Crippen LogP contribution in [-0.2, 0) is 38.0 Å². The minimum Gasteiger partial charge on any atom is -0.462 e. The predicted octanol–water partition coefficient (Wildman–Crippen LogP) is 11.2. The van der Waals surface area contributed by atoms with E-state index in [1.807, 2.05) is 0 Å². The van der Waals surface area contributed by atoms with Crippen molar-refractivity contribution >= 4 is 11.9 Å². The van der Waals surface area contributed by atoms with Crippen LogP contribution in [0.2, 0.25) is 0 Å². The third-order valence-corrected chi connectivity index (χ3v) is 14.5. The number of esters is 2. The quantitative estimate of drug-likeness (QED) is 0.0171. The van der Waals surface area contributed by atoms with Crippen molar-refractivity contribution in [1.29, 1.82) is 0 Å². The summed E-state index contributed by atoms with van der Waals surface area (Å²) in [6.07, 6.45) is 42.5. The van der Waals surface area contributed by atoms with Crippen molar-refractivity contribution in [2.75, 3.05) is 26.4 Å². The average Bonchev–Trinajstić information content (AvgIpc) is 3.43. The van der Waals surface area contributed by atoms with Gasteiger partial charge in [-0.15, -0.1) is 0 Å². The van der Waals surface area contributed by atoms with Gasteiger partial charge in [-0.25, -0.2) is 0 Å². The summed E-state index contributed by atoms with van der Waals surface area (Å²) >= 11 is 0. The van der Waals surface area contributed by atoms with Gasteiger partial charge in [-0.2, -0.15) is 0 Å². The van der Waals surface area contributed by atoms with Crippen LogP contribution < -0.4 is 0 Å². The molecule has 2 heterocycles. The number of carbonyl (C=O) groups excluding carboxylic acids is 2. The minimum atomic E-state index is -1.78. The molecule has 78 heavy (non-hydrogen) atoms. The highest BCUT2D eigenvalue weighted by molar-refractivity contribution is 5.70. The van der Waals surface area contributed by atoms with Crippen LogP contribution in [0.5, 0.6) is 0 Å². The molecule has 0 bridgehead atoms. The van der Waals surface area contributed by atoms with E-state index in [1.165, 1.54) is 128 Å². The lowest BCUT2D eigenvalue weighted by atomic mass is 9.98. The molecule has 4 unspecified atom stereocenters. The molecule has 0 aliphatic carbocycles. The van der Waals surface area contributed by atoms with Gasteiger partial charge in [-0.3, -0.25) is 9.59 Å². The van der Waals surface area contributed by atoms with Gasteiger partial charge in [-0.05, 0) is 77.0 Å². The van der Waals surface area contributed by atoms with E-state index in [1.54, 1.807) is 0 Å². The minimum absolute atomic E-state index is 0.121. The maximum atomic E-state index is 13.1. The van der Waals surface area contributed by atoms with Crippen molar-refractivity contribution in [2.45, 2.75) is 300 Å². The second-order valence-electron chi connectivity index (χ2n) is 21.5.